The number of piperidine rings is 1. The molecule has 0 saturated carbocycles. The number of H-pyrrole nitrogens is 1. The summed E-state index contributed by atoms with van der Waals surface area (Å²) in [7, 11) is 0. The van der Waals surface area contributed by atoms with Crippen molar-refractivity contribution in [3.63, 3.8) is 0 Å². The first-order valence-electron chi connectivity index (χ1n) is 21.9. The average Bonchev–Trinajstić information content (AvgIpc) is 3.97. The topological polar surface area (TPSA) is 182 Å². The Morgan fingerprint density at radius 3 is 2.29 bits per heavy atom. The van der Waals surface area contributed by atoms with Gasteiger partial charge in [0.2, 0.25) is 5.91 Å². The fourth-order valence-electron chi connectivity index (χ4n) is 8.89. The molecule has 4 aromatic heterocycles. The molecule has 3 aliphatic heterocycles. The molecule has 4 amide bonds. The molecule has 3 saturated heterocycles. The van der Waals surface area contributed by atoms with E-state index in [0.29, 0.717) is 24.7 Å². The standard InChI is InChI=1S/C47H54N12O4/c1-29-24-32(6-12-36(29)30(2)51-43(61)44-54-45(55-63-44)47(3,4)5)41-37-25-39(52-42(37)50-28-49-41)38-13-11-35(26-48-38)58-22-20-56(21-23-58)27-31-14-17-57(18-15-31)33-7-9-34(10-8-33)59-19-16-40(60)53-46(59)62/h6-13,24-26,28,30-31H,14-23,27H2,1-5H3,(H,51,61)(H,49,50,52)(H,53,60,62). The summed E-state index contributed by atoms with van der Waals surface area (Å²) in [6.07, 6.45) is 6.17. The van der Waals surface area contributed by atoms with Crippen LogP contribution in [-0.2, 0) is 10.2 Å². The van der Waals surface area contributed by atoms with Gasteiger partial charge in [0, 0.05) is 86.5 Å². The maximum Gasteiger partial charge on any atom is 0.328 e. The Hall–Kier alpha value is -6.68. The van der Waals surface area contributed by atoms with Crippen LogP contribution in [-0.4, -0.2) is 105 Å². The fraction of sp³-hybridized carbons (Fsp3) is 0.404. The van der Waals surface area contributed by atoms with Gasteiger partial charge in [0.25, 0.3) is 0 Å². The first-order chi connectivity index (χ1) is 30.4. The first-order valence-corrected chi connectivity index (χ1v) is 21.9. The Morgan fingerprint density at radius 1 is 0.873 bits per heavy atom. The number of amides is 4. The predicted octanol–water partition coefficient (Wildman–Crippen LogP) is 6.65. The normalized spacial score (nSPS) is 17.3. The summed E-state index contributed by atoms with van der Waals surface area (Å²) in [5, 5.41) is 10.3. The van der Waals surface area contributed by atoms with Crippen LogP contribution in [0.3, 0.4) is 0 Å². The van der Waals surface area contributed by atoms with E-state index in [4.69, 9.17) is 9.51 Å². The summed E-state index contributed by atoms with van der Waals surface area (Å²) in [6, 6.07) is 19.9. The monoisotopic (exact) mass is 850 g/mol. The molecular weight excluding hydrogens is 797 g/mol. The minimum Gasteiger partial charge on any atom is -0.372 e. The van der Waals surface area contributed by atoms with E-state index in [1.54, 1.807) is 11.2 Å². The maximum atomic E-state index is 12.9. The molecule has 6 aromatic rings. The van der Waals surface area contributed by atoms with Crippen molar-refractivity contribution in [1.29, 1.82) is 0 Å². The number of rotatable bonds is 10. The number of urea groups is 1. The Kier molecular flexibility index (Phi) is 11.4. The van der Waals surface area contributed by atoms with Gasteiger partial charge in [-0.2, -0.15) is 4.98 Å². The highest BCUT2D eigenvalue weighted by molar-refractivity contribution is 6.05. The highest BCUT2D eigenvalue weighted by Crippen LogP contribution is 2.33. The number of anilines is 3. The minimum atomic E-state index is -0.412. The number of hydrogen-bond acceptors (Lipinski definition) is 12. The Labute approximate surface area is 366 Å². The molecule has 16 nitrogen and oxygen atoms in total. The van der Waals surface area contributed by atoms with Gasteiger partial charge in [0.15, 0.2) is 5.82 Å². The van der Waals surface area contributed by atoms with E-state index < -0.39 is 5.91 Å². The van der Waals surface area contributed by atoms with Crippen LogP contribution in [0.2, 0.25) is 0 Å². The number of aromatic nitrogens is 6. The second-order valence-electron chi connectivity index (χ2n) is 18.0. The average molecular weight is 851 g/mol. The molecule has 3 aliphatic rings. The Balaban J connectivity index is 0.768. The van der Waals surface area contributed by atoms with Crippen molar-refractivity contribution in [3.05, 3.63) is 96.0 Å². The van der Waals surface area contributed by atoms with Gasteiger partial charge in [-0.25, -0.2) is 14.8 Å². The zero-order valence-corrected chi connectivity index (χ0v) is 36.5. The van der Waals surface area contributed by atoms with Crippen molar-refractivity contribution in [1.82, 2.24) is 45.6 Å². The highest BCUT2D eigenvalue weighted by Gasteiger charge is 2.28. The molecule has 326 valence electrons. The van der Waals surface area contributed by atoms with Crippen LogP contribution in [0.4, 0.5) is 21.9 Å². The van der Waals surface area contributed by atoms with Gasteiger partial charge >= 0.3 is 17.8 Å². The number of piperazine rings is 1. The summed E-state index contributed by atoms with van der Waals surface area (Å²) in [5.74, 6) is 0.471. The minimum absolute atomic E-state index is 0.0505. The number of fused-ring (bicyclic) bond motifs is 1. The summed E-state index contributed by atoms with van der Waals surface area (Å²) in [4.78, 5) is 67.7. The molecule has 16 heteroatoms. The molecular formula is C47H54N12O4. The smallest absolute Gasteiger partial charge is 0.328 e. The van der Waals surface area contributed by atoms with Crippen molar-refractivity contribution in [2.75, 3.05) is 67.1 Å². The third kappa shape index (κ3) is 8.98. The zero-order chi connectivity index (χ0) is 43.8. The second-order valence-corrected chi connectivity index (χ2v) is 18.0. The summed E-state index contributed by atoms with van der Waals surface area (Å²) >= 11 is 0. The third-order valence-corrected chi connectivity index (χ3v) is 12.5. The van der Waals surface area contributed by atoms with E-state index in [1.807, 2.05) is 65.1 Å². The third-order valence-electron chi connectivity index (χ3n) is 12.5. The molecule has 0 bridgehead atoms. The van der Waals surface area contributed by atoms with Crippen molar-refractivity contribution in [2.45, 2.75) is 65.3 Å². The van der Waals surface area contributed by atoms with Crippen molar-refractivity contribution < 1.29 is 18.9 Å². The largest absolute Gasteiger partial charge is 0.372 e. The van der Waals surface area contributed by atoms with Crippen LogP contribution < -0.4 is 25.3 Å². The zero-order valence-electron chi connectivity index (χ0n) is 36.5. The molecule has 0 radical (unpaired) electrons. The Morgan fingerprint density at radius 2 is 1.60 bits per heavy atom. The number of hydrogen-bond donors (Lipinski definition) is 3. The van der Waals surface area contributed by atoms with E-state index >= 15 is 0 Å². The van der Waals surface area contributed by atoms with E-state index in [0.717, 1.165) is 115 Å². The molecule has 0 aliphatic carbocycles. The van der Waals surface area contributed by atoms with Gasteiger partial charge in [-0.05, 0) is 92.3 Å². The van der Waals surface area contributed by atoms with E-state index in [-0.39, 0.29) is 29.3 Å². The van der Waals surface area contributed by atoms with Crippen LogP contribution in [0.5, 0.6) is 0 Å². The van der Waals surface area contributed by atoms with Gasteiger partial charge in [-0.15, -0.1) is 0 Å². The molecule has 1 atom stereocenters. The maximum absolute atomic E-state index is 12.9. The molecule has 7 heterocycles. The van der Waals surface area contributed by atoms with Crippen LogP contribution >= 0.6 is 0 Å². The predicted molar refractivity (Wildman–Crippen MR) is 242 cm³/mol. The van der Waals surface area contributed by atoms with Crippen molar-refractivity contribution in [3.8, 4) is 22.6 Å². The van der Waals surface area contributed by atoms with Crippen LogP contribution in [0.1, 0.15) is 80.6 Å². The van der Waals surface area contributed by atoms with E-state index in [9.17, 15) is 14.4 Å². The molecule has 9 rings (SSSR count). The fourth-order valence-corrected chi connectivity index (χ4v) is 8.89. The van der Waals surface area contributed by atoms with Gasteiger partial charge in [0.1, 0.15) is 12.0 Å². The molecule has 0 spiro atoms. The number of imide groups is 1. The van der Waals surface area contributed by atoms with Crippen LogP contribution in [0.25, 0.3) is 33.7 Å². The number of aromatic amines is 1. The number of carbonyl (C=O) groups is 3. The lowest BCUT2D eigenvalue weighted by molar-refractivity contribution is -0.120. The number of benzene rings is 2. The van der Waals surface area contributed by atoms with Crippen molar-refractivity contribution in [2.24, 2.45) is 5.92 Å². The molecule has 63 heavy (non-hydrogen) atoms. The van der Waals surface area contributed by atoms with Gasteiger partial charge in [-0.1, -0.05) is 38.1 Å². The lowest BCUT2D eigenvalue weighted by Crippen LogP contribution is -2.49. The number of nitrogens with zero attached hydrogens (tertiary/aromatic N) is 9. The van der Waals surface area contributed by atoms with Crippen molar-refractivity contribution >= 4 is 45.9 Å². The second kappa shape index (κ2) is 17.2. The highest BCUT2D eigenvalue weighted by atomic mass is 16.5. The molecule has 2 aromatic carbocycles. The van der Waals surface area contributed by atoms with Gasteiger partial charge in [-0.3, -0.25) is 29.7 Å². The van der Waals surface area contributed by atoms with E-state index in [2.05, 4.69) is 86.8 Å². The van der Waals surface area contributed by atoms with Gasteiger partial charge < -0.3 is 24.6 Å². The summed E-state index contributed by atoms with van der Waals surface area (Å²) < 4.78 is 5.25. The lowest BCUT2D eigenvalue weighted by atomic mass is 9.95. The first kappa shape index (κ1) is 41.7. The summed E-state index contributed by atoms with van der Waals surface area (Å²) in [5.41, 5.74) is 8.96. The number of aryl methyl sites for hydroxylation is 1. The quantitative estimate of drug-likeness (QED) is 0.134. The van der Waals surface area contributed by atoms with Gasteiger partial charge in [0.05, 0.1) is 35.0 Å². The molecule has 1 unspecified atom stereocenters. The number of nitrogens with one attached hydrogen (secondary N) is 3. The number of pyridine rings is 1. The van der Waals surface area contributed by atoms with Crippen LogP contribution in [0.15, 0.2) is 77.7 Å². The summed E-state index contributed by atoms with van der Waals surface area (Å²) in [6.45, 7) is 17.4. The SMILES string of the molecule is Cc1cc(-c2ncnc3[nH]c(-c4ccc(N5CCN(CC6CCN(c7ccc(N8CCC(=O)NC8=O)cc7)CC6)CC5)cn4)cc23)ccc1C(C)NC(=O)c1nc(C(C)(C)C)no1. The lowest BCUT2D eigenvalue weighted by Gasteiger charge is -2.40. The molecule has 3 N–H and O–H groups in total. The van der Waals surface area contributed by atoms with Crippen LogP contribution in [0, 0.1) is 12.8 Å². The Bertz CT molecular complexity index is 2620. The molecule has 3 fully saturated rings. The number of carbonyl (C=O) groups excluding carboxylic acids is 3. The van der Waals surface area contributed by atoms with E-state index in [1.165, 1.54) is 5.69 Å².